The van der Waals surface area contributed by atoms with Gasteiger partial charge in [-0.1, -0.05) is 62.3 Å². The number of hydrogen-bond donors (Lipinski definition) is 1. The van der Waals surface area contributed by atoms with E-state index >= 15 is 0 Å². The maximum atomic E-state index is 12.9. The Kier molecular flexibility index (Phi) is 6.79. The number of hydrogen-bond acceptors (Lipinski definition) is 6. The molecule has 2 aromatic carbocycles. The van der Waals surface area contributed by atoms with Crippen LogP contribution in [0.2, 0.25) is 0 Å². The molecule has 3 aromatic rings. The van der Waals surface area contributed by atoms with Crippen LogP contribution in [0.15, 0.2) is 53.1 Å². The highest BCUT2D eigenvalue weighted by Crippen LogP contribution is 2.27. The van der Waals surface area contributed by atoms with Crippen molar-refractivity contribution in [2.45, 2.75) is 45.6 Å². The summed E-state index contributed by atoms with van der Waals surface area (Å²) in [4.78, 5) is 19.7. The number of anilines is 1. The molecule has 1 aliphatic rings. The summed E-state index contributed by atoms with van der Waals surface area (Å²) in [6.07, 6.45) is 1.80. The molecule has 0 radical (unpaired) electrons. The van der Waals surface area contributed by atoms with Gasteiger partial charge in [0.15, 0.2) is 0 Å². The second kappa shape index (κ2) is 9.75. The molecular formula is C26H32N4O3. The van der Waals surface area contributed by atoms with E-state index in [1.807, 2.05) is 36.4 Å². The van der Waals surface area contributed by atoms with Gasteiger partial charge < -0.3 is 14.6 Å². The minimum atomic E-state index is -0.101. The molecule has 1 N–H and O–H groups in total. The van der Waals surface area contributed by atoms with Crippen molar-refractivity contribution in [3.8, 4) is 17.1 Å². The molecule has 0 spiro atoms. The van der Waals surface area contributed by atoms with E-state index in [9.17, 15) is 4.79 Å². The molecule has 1 saturated heterocycles. The minimum absolute atomic E-state index is 0.00866. The Balaban J connectivity index is 1.37. The second-order valence-electron chi connectivity index (χ2n) is 9.60. The van der Waals surface area contributed by atoms with Crippen molar-refractivity contribution in [3.05, 3.63) is 60.0 Å². The number of ether oxygens (including phenoxy) is 1. The number of nitrogens with zero attached hydrogens (tertiary/aromatic N) is 3. The highest BCUT2D eigenvalue weighted by atomic mass is 16.5. The van der Waals surface area contributed by atoms with Gasteiger partial charge in [0.1, 0.15) is 5.75 Å². The molecule has 7 nitrogen and oxygen atoms in total. The number of methoxy groups -OCH3 is 1. The van der Waals surface area contributed by atoms with Crippen LogP contribution in [0, 0.1) is 5.92 Å². The first-order chi connectivity index (χ1) is 15.8. The van der Waals surface area contributed by atoms with E-state index in [2.05, 4.69) is 53.3 Å². The number of nitrogens with one attached hydrogen (secondary N) is 1. The van der Waals surface area contributed by atoms with Crippen LogP contribution in [0.25, 0.3) is 11.4 Å². The average molecular weight is 449 g/mol. The predicted molar refractivity (Wildman–Crippen MR) is 128 cm³/mol. The summed E-state index contributed by atoms with van der Waals surface area (Å²) in [7, 11) is 1.60. The minimum Gasteiger partial charge on any atom is -0.495 e. The van der Waals surface area contributed by atoms with Crippen molar-refractivity contribution in [1.29, 1.82) is 0 Å². The quantitative estimate of drug-likeness (QED) is 0.578. The summed E-state index contributed by atoms with van der Waals surface area (Å²) >= 11 is 0. The molecular weight excluding hydrogens is 416 g/mol. The van der Waals surface area contributed by atoms with Crippen molar-refractivity contribution >= 4 is 11.6 Å². The van der Waals surface area contributed by atoms with Gasteiger partial charge >= 0.3 is 0 Å². The summed E-state index contributed by atoms with van der Waals surface area (Å²) in [6, 6.07) is 15.8. The average Bonchev–Trinajstić information content (AvgIpc) is 3.27. The van der Waals surface area contributed by atoms with E-state index in [0.717, 1.165) is 24.9 Å². The molecule has 0 saturated carbocycles. The van der Waals surface area contributed by atoms with E-state index in [0.29, 0.717) is 36.2 Å². The van der Waals surface area contributed by atoms with Crippen molar-refractivity contribution in [1.82, 2.24) is 15.0 Å². The van der Waals surface area contributed by atoms with Gasteiger partial charge in [0.05, 0.1) is 25.3 Å². The SMILES string of the molecule is COc1ccccc1NC(=O)C1CCCN(Cc2nc(-c3ccc(C(C)(C)C)cc3)no2)C1. The highest BCUT2D eigenvalue weighted by molar-refractivity contribution is 5.94. The maximum absolute atomic E-state index is 12.9. The Morgan fingerprint density at radius 2 is 1.94 bits per heavy atom. The number of rotatable bonds is 6. The Hall–Kier alpha value is -3.19. The van der Waals surface area contributed by atoms with Gasteiger partial charge in [0, 0.05) is 12.1 Å². The standard InChI is InChI=1S/C26H32N4O3/c1-26(2,3)20-13-11-18(12-14-20)24-28-23(33-29-24)17-30-15-7-8-19(16-30)25(31)27-21-9-5-6-10-22(21)32-4/h5-6,9-14,19H,7-8,15-17H2,1-4H3,(H,27,31). The van der Waals surface area contributed by atoms with E-state index in [1.165, 1.54) is 5.56 Å². The first-order valence-electron chi connectivity index (χ1n) is 11.4. The summed E-state index contributed by atoms with van der Waals surface area (Å²) in [5, 5.41) is 7.18. The Bertz CT molecular complexity index is 1090. The fourth-order valence-electron chi connectivity index (χ4n) is 4.14. The lowest BCUT2D eigenvalue weighted by molar-refractivity contribution is -0.121. The van der Waals surface area contributed by atoms with Gasteiger partial charge in [-0.3, -0.25) is 9.69 Å². The highest BCUT2D eigenvalue weighted by Gasteiger charge is 2.27. The number of likely N-dealkylation sites (tertiary alicyclic amines) is 1. The molecule has 0 bridgehead atoms. The summed E-state index contributed by atoms with van der Waals surface area (Å²) in [5.74, 6) is 1.72. The van der Waals surface area contributed by atoms with Crippen LogP contribution in [-0.4, -0.2) is 41.1 Å². The van der Waals surface area contributed by atoms with Gasteiger partial charge in [-0.15, -0.1) is 0 Å². The van der Waals surface area contributed by atoms with E-state index < -0.39 is 0 Å². The first kappa shape index (κ1) is 23.0. The lowest BCUT2D eigenvalue weighted by atomic mass is 9.87. The van der Waals surface area contributed by atoms with Crippen molar-refractivity contribution in [3.63, 3.8) is 0 Å². The van der Waals surface area contributed by atoms with Crippen molar-refractivity contribution in [2.24, 2.45) is 5.92 Å². The molecule has 174 valence electrons. The van der Waals surface area contributed by atoms with Gasteiger partial charge in [0.2, 0.25) is 17.6 Å². The van der Waals surface area contributed by atoms with E-state index in [1.54, 1.807) is 7.11 Å². The monoisotopic (exact) mass is 448 g/mol. The van der Waals surface area contributed by atoms with Crippen molar-refractivity contribution < 1.29 is 14.1 Å². The topological polar surface area (TPSA) is 80.5 Å². The zero-order valence-electron chi connectivity index (χ0n) is 19.8. The summed E-state index contributed by atoms with van der Waals surface area (Å²) in [5.41, 5.74) is 3.00. The third kappa shape index (κ3) is 5.60. The molecule has 1 amide bonds. The van der Waals surface area contributed by atoms with Crippen LogP contribution in [0.1, 0.15) is 45.1 Å². The molecule has 2 heterocycles. The molecule has 1 unspecified atom stereocenters. The van der Waals surface area contributed by atoms with Gasteiger partial charge in [-0.05, 0) is 42.5 Å². The smallest absolute Gasteiger partial charge is 0.241 e. The van der Waals surface area contributed by atoms with Gasteiger partial charge in [-0.25, -0.2) is 0 Å². The normalized spacial score (nSPS) is 17.0. The molecule has 7 heteroatoms. The number of carbonyl (C=O) groups is 1. The first-order valence-corrected chi connectivity index (χ1v) is 11.4. The molecule has 4 rings (SSSR count). The fraction of sp³-hybridized carbons (Fsp3) is 0.423. The van der Waals surface area contributed by atoms with Gasteiger partial charge in [0.25, 0.3) is 0 Å². The molecule has 0 aliphatic carbocycles. The Labute approximate surface area is 195 Å². The number of benzene rings is 2. The predicted octanol–water partition coefficient (Wildman–Crippen LogP) is 4.89. The lowest BCUT2D eigenvalue weighted by Crippen LogP contribution is -2.40. The zero-order chi connectivity index (χ0) is 23.4. The molecule has 1 fully saturated rings. The number of carbonyl (C=O) groups excluding carboxylic acids is 1. The van der Waals surface area contributed by atoms with Crippen LogP contribution in [0.3, 0.4) is 0 Å². The summed E-state index contributed by atoms with van der Waals surface area (Å²) < 4.78 is 10.9. The molecule has 1 aromatic heterocycles. The zero-order valence-corrected chi connectivity index (χ0v) is 19.8. The van der Waals surface area contributed by atoms with Crippen LogP contribution in [-0.2, 0) is 16.8 Å². The van der Waals surface area contributed by atoms with Crippen LogP contribution < -0.4 is 10.1 Å². The summed E-state index contributed by atoms with van der Waals surface area (Å²) in [6.45, 7) is 8.66. The Morgan fingerprint density at radius 1 is 1.18 bits per heavy atom. The maximum Gasteiger partial charge on any atom is 0.241 e. The largest absolute Gasteiger partial charge is 0.495 e. The van der Waals surface area contributed by atoms with Gasteiger partial charge in [-0.2, -0.15) is 4.98 Å². The third-order valence-electron chi connectivity index (χ3n) is 6.08. The van der Waals surface area contributed by atoms with E-state index in [-0.39, 0.29) is 17.2 Å². The number of amides is 1. The second-order valence-corrected chi connectivity index (χ2v) is 9.60. The molecule has 33 heavy (non-hydrogen) atoms. The molecule has 1 aliphatic heterocycles. The van der Waals surface area contributed by atoms with Crippen LogP contribution >= 0.6 is 0 Å². The number of para-hydroxylation sites is 2. The third-order valence-corrected chi connectivity index (χ3v) is 6.08. The molecule has 1 atom stereocenters. The van der Waals surface area contributed by atoms with Crippen molar-refractivity contribution in [2.75, 3.05) is 25.5 Å². The number of aromatic nitrogens is 2. The fourth-order valence-corrected chi connectivity index (χ4v) is 4.14. The van der Waals surface area contributed by atoms with Crippen LogP contribution in [0.4, 0.5) is 5.69 Å². The number of piperidine rings is 1. The lowest BCUT2D eigenvalue weighted by Gasteiger charge is -2.31. The van der Waals surface area contributed by atoms with Crippen LogP contribution in [0.5, 0.6) is 5.75 Å². The van der Waals surface area contributed by atoms with E-state index in [4.69, 9.17) is 9.26 Å². The Morgan fingerprint density at radius 3 is 2.67 bits per heavy atom.